The van der Waals surface area contributed by atoms with Gasteiger partial charge >= 0.3 is 0 Å². The van der Waals surface area contributed by atoms with Gasteiger partial charge in [0.1, 0.15) is 5.84 Å². The van der Waals surface area contributed by atoms with Gasteiger partial charge in [-0.25, -0.2) is 0 Å². The molecule has 0 bridgehead atoms. The van der Waals surface area contributed by atoms with Crippen molar-refractivity contribution >= 4 is 5.84 Å². The quantitative estimate of drug-likeness (QED) is 0.535. The number of nitrogens with zero attached hydrogens (tertiary/aromatic N) is 1. The molecule has 0 aromatic heterocycles. The number of nitrogens with one attached hydrogen (secondary N) is 1. The van der Waals surface area contributed by atoms with Crippen LogP contribution in [0.15, 0.2) is 28.4 Å². The van der Waals surface area contributed by atoms with Crippen molar-refractivity contribution < 1.29 is 0 Å². The van der Waals surface area contributed by atoms with Gasteiger partial charge in [0.05, 0.1) is 0 Å². The maximum Gasteiger partial charge on any atom is 0.131 e. The van der Waals surface area contributed by atoms with Gasteiger partial charge in [-0.15, -0.1) is 0 Å². The molecular weight excluding hydrogens is 124 g/mol. The number of rotatable bonds is 0. The second-order valence-electron chi connectivity index (χ2n) is 2.46. The van der Waals surface area contributed by atoms with E-state index in [-0.39, 0.29) is 0 Å². The Labute approximate surface area is 61.4 Å². The summed E-state index contributed by atoms with van der Waals surface area (Å²) in [5, 5.41) is 3.05. The average Bonchev–Trinajstić information content (AvgIpc) is 2.33. The molecule has 0 atom stereocenters. The highest BCUT2D eigenvalue weighted by molar-refractivity contribution is 6.04. The van der Waals surface area contributed by atoms with Crippen molar-refractivity contribution in [2.75, 3.05) is 7.05 Å². The van der Waals surface area contributed by atoms with Crippen LogP contribution in [0, 0.1) is 0 Å². The zero-order chi connectivity index (χ0) is 7.56. The lowest BCUT2D eigenvalue weighted by Gasteiger charge is -1.99. The van der Waals surface area contributed by atoms with E-state index in [1.54, 1.807) is 7.05 Å². The lowest BCUT2D eigenvalue weighted by atomic mass is 10.1. The molecule has 0 spiro atoms. The smallest absolute Gasteiger partial charge is 0.131 e. The highest BCUT2D eigenvalue weighted by Gasteiger charge is 2.07. The van der Waals surface area contributed by atoms with E-state index in [1.165, 1.54) is 11.1 Å². The van der Waals surface area contributed by atoms with Gasteiger partial charge in [0.15, 0.2) is 0 Å². The second kappa shape index (κ2) is 2.69. The van der Waals surface area contributed by atoms with Crippen LogP contribution in [0.5, 0.6) is 0 Å². The van der Waals surface area contributed by atoms with E-state index in [9.17, 15) is 0 Å². The molecule has 0 amide bonds. The largest absolute Gasteiger partial charge is 0.346 e. The third kappa shape index (κ3) is 1.10. The van der Waals surface area contributed by atoms with Gasteiger partial charge in [-0.1, -0.05) is 5.57 Å². The number of allylic oxidation sites excluding steroid dienone is 1. The first-order valence-corrected chi connectivity index (χ1v) is 3.33. The summed E-state index contributed by atoms with van der Waals surface area (Å²) in [5.41, 5.74) is 2.50. The van der Waals surface area contributed by atoms with Gasteiger partial charge in [-0.2, -0.15) is 0 Å². The Morgan fingerprint density at radius 3 is 2.60 bits per heavy atom. The van der Waals surface area contributed by atoms with Crippen LogP contribution >= 0.6 is 0 Å². The summed E-state index contributed by atoms with van der Waals surface area (Å²) in [6.45, 7) is 4.16. The van der Waals surface area contributed by atoms with E-state index in [4.69, 9.17) is 0 Å². The molecule has 1 heterocycles. The molecule has 1 aliphatic rings. The van der Waals surface area contributed by atoms with Gasteiger partial charge in [-0.05, 0) is 19.9 Å². The lowest BCUT2D eigenvalue weighted by molar-refractivity contribution is 1.25. The minimum absolute atomic E-state index is 0.972. The van der Waals surface area contributed by atoms with Crippen molar-refractivity contribution in [3.05, 3.63) is 23.4 Å². The maximum absolute atomic E-state index is 4.08. The fourth-order valence-electron chi connectivity index (χ4n) is 0.949. The SMILES string of the molecule is CN=C1NC=CC1=C(C)C. The highest BCUT2D eigenvalue weighted by Crippen LogP contribution is 2.10. The Balaban J connectivity index is 2.98. The number of amidine groups is 1. The van der Waals surface area contributed by atoms with Crippen molar-refractivity contribution in [1.29, 1.82) is 0 Å². The van der Waals surface area contributed by atoms with E-state index >= 15 is 0 Å². The van der Waals surface area contributed by atoms with Crippen molar-refractivity contribution in [1.82, 2.24) is 5.32 Å². The predicted molar refractivity (Wildman–Crippen MR) is 44.0 cm³/mol. The molecule has 0 aromatic rings. The molecule has 54 valence electrons. The monoisotopic (exact) mass is 136 g/mol. The molecule has 0 radical (unpaired) electrons. The average molecular weight is 136 g/mol. The maximum atomic E-state index is 4.08. The molecule has 0 aromatic carbocycles. The van der Waals surface area contributed by atoms with Crippen molar-refractivity contribution in [2.45, 2.75) is 13.8 Å². The zero-order valence-corrected chi connectivity index (χ0v) is 6.60. The van der Waals surface area contributed by atoms with Crippen molar-refractivity contribution in [3.8, 4) is 0 Å². The molecule has 2 heteroatoms. The summed E-state index contributed by atoms with van der Waals surface area (Å²) in [6, 6.07) is 0. The highest BCUT2D eigenvalue weighted by atomic mass is 15.0. The Hall–Kier alpha value is -1.05. The number of hydrogen-bond acceptors (Lipinski definition) is 1. The van der Waals surface area contributed by atoms with Crippen molar-refractivity contribution in [3.63, 3.8) is 0 Å². The van der Waals surface area contributed by atoms with Crippen molar-refractivity contribution in [2.24, 2.45) is 4.99 Å². The number of hydrogen-bond donors (Lipinski definition) is 1. The molecule has 0 fully saturated rings. The van der Waals surface area contributed by atoms with Gasteiger partial charge in [0, 0.05) is 18.8 Å². The van der Waals surface area contributed by atoms with Crippen LogP contribution in [0.25, 0.3) is 0 Å². The summed E-state index contributed by atoms with van der Waals surface area (Å²) < 4.78 is 0. The topological polar surface area (TPSA) is 24.4 Å². The molecular formula is C8H12N2. The third-order valence-corrected chi connectivity index (χ3v) is 1.49. The van der Waals surface area contributed by atoms with E-state index in [0.717, 1.165) is 5.84 Å². The second-order valence-corrected chi connectivity index (χ2v) is 2.46. The molecule has 2 nitrogen and oxygen atoms in total. The van der Waals surface area contributed by atoms with Crippen LogP contribution in [0.1, 0.15) is 13.8 Å². The van der Waals surface area contributed by atoms with Crippen LogP contribution in [0.2, 0.25) is 0 Å². The van der Waals surface area contributed by atoms with Crippen LogP contribution in [0.3, 0.4) is 0 Å². The molecule has 10 heavy (non-hydrogen) atoms. The van der Waals surface area contributed by atoms with Gasteiger partial charge in [-0.3, -0.25) is 4.99 Å². The molecule has 1 rings (SSSR count). The van der Waals surface area contributed by atoms with Crippen LogP contribution < -0.4 is 5.32 Å². The third-order valence-electron chi connectivity index (χ3n) is 1.49. The molecule has 0 saturated carbocycles. The fourth-order valence-corrected chi connectivity index (χ4v) is 0.949. The Bertz CT molecular complexity index is 217. The van der Waals surface area contributed by atoms with Gasteiger partial charge in [0.25, 0.3) is 0 Å². The summed E-state index contributed by atoms with van der Waals surface area (Å²) in [6.07, 6.45) is 3.95. The van der Waals surface area contributed by atoms with E-state index in [0.29, 0.717) is 0 Å². The summed E-state index contributed by atoms with van der Waals surface area (Å²) >= 11 is 0. The molecule has 1 aliphatic heterocycles. The minimum Gasteiger partial charge on any atom is -0.346 e. The number of aliphatic imine (C=N–C) groups is 1. The van der Waals surface area contributed by atoms with E-state index < -0.39 is 0 Å². The molecule has 0 unspecified atom stereocenters. The summed E-state index contributed by atoms with van der Waals surface area (Å²) in [4.78, 5) is 4.08. The Morgan fingerprint density at radius 2 is 2.20 bits per heavy atom. The van der Waals surface area contributed by atoms with Crippen LogP contribution in [-0.2, 0) is 0 Å². The van der Waals surface area contributed by atoms with Crippen LogP contribution in [0.4, 0.5) is 0 Å². The first-order valence-electron chi connectivity index (χ1n) is 3.33. The first kappa shape index (κ1) is 7.06. The molecule has 0 aliphatic carbocycles. The molecule has 1 N–H and O–H groups in total. The standard InChI is InChI=1S/C8H12N2/c1-6(2)7-4-5-10-8(7)9-3/h4-5H,1-3H3,(H,9,10). The normalized spacial score (nSPS) is 19.9. The predicted octanol–water partition coefficient (Wildman–Crippen LogP) is 1.47. The molecule has 0 saturated heterocycles. The van der Waals surface area contributed by atoms with Gasteiger partial charge in [0.2, 0.25) is 0 Å². The Morgan fingerprint density at radius 1 is 1.50 bits per heavy atom. The summed E-state index contributed by atoms with van der Waals surface area (Å²) in [7, 11) is 1.79. The fraction of sp³-hybridized carbons (Fsp3) is 0.375. The van der Waals surface area contributed by atoms with E-state index in [1.807, 2.05) is 12.3 Å². The Kier molecular flexibility index (Phi) is 1.90. The van der Waals surface area contributed by atoms with Crippen LogP contribution in [-0.4, -0.2) is 12.9 Å². The summed E-state index contributed by atoms with van der Waals surface area (Å²) in [5.74, 6) is 0.972. The van der Waals surface area contributed by atoms with E-state index in [2.05, 4.69) is 24.2 Å². The van der Waals surface area contributed by atoms with Gasteiger partial charge < -0.3 is 5.32 Å². The first-order chi connectivity index (χ1) is 4.75. The lowest BCUT2D eigenvalue weighted by Crippen LogP contribution is -2.13. The minimum atomic E-state index is 0.972. The zero-order valence-electron chi connectivity index (χ0n) is 6.60.